The number of hydrogen-bond acceptors (Lipinski definition) is 8. The zero-order chi connectivity index (χ0) is 69.0. The first-order valence-electron chi connectivity index (χ1n) is 40.4. The van der Waals surface area contributed by atoms with Gasteiger partial charge in [0.25, 0.3) is 7.82 Å². The van der Waals surface area contributed by atoms with Crippen LogP contribution in [0.1, 0.15) is 380 Å². The summed E-state index contributed by atoms with van der Waals surface area (Å²) in [4.78, 5) is 38.2. The predicted molar refractivity (Wildman–Crippen MR) is 411 cm³/mol. The topological polar surface area (TPSA) is 111 Å². The maximum absolute atomic E-state index is 12.9. The van der Waals surface area contributed by atoms with Crippen molar-refractivity contribution in [3.05, 3.63) is 97.2 Å². The average molecular weight is 1350 g/mol. The number of allylic oxidation sites excluding steroid dienone is 16. The Morgan fingerprint density at radius 2 is 0.600 bits per heavy atom. The summed E-state index contributed by atoms with van der Waals surface area (Å²) in [7, 11) is 1.17. The highest BCUT2D eigenvalue weighted by atomic mass is 31.2. The molecule has 0 rings (SSSR count). The molecular weight excluding hydrogens is 1190 g/mol. The number of esters is 2. The molecule has 0 aliphatic carbocycles. The van der Waals surface area contributed by atoms with Gasteiger partial charge in [-0.3, -0.25) is 14.2 Å². The van der Waals surface area contributed by atoms with Crippen LogP contribution in [-0.4, -0.2) is 70.0 Å². The van der Waals surface area contributed by atoms with Gasteiger partial charge in [0.1, 0.15) is 19.8 Å². The Bertz CT molecular complexity index is 1930. The molecule has 0 N–H and O–H groups in total. The first-order valence-corrected chi connectivity index (χ1v) is 41.9. The molecule has 0 aliphatic heterocycles. The van der Waals surface area contributed by atoms with Gasteiger partial charge in [0.05, 0.1) is 27.7 Å². The number of nitrogens with zero attached hydrogens (tertiary/aromatic N) is 1. The van der Waals surface area contributed by atoms with E-state index in [4.69, 9.17) is 18.5 Å². The van der Waals surface area contributed by atoms with E-state index in [1.54, 1.807) is 0 Å². The Kier molecular flexibility index (Phi) is 72.7. The van der Waals surface area contributed by atoms with Crippen LogP contribution in [0.2, 0.25) is 0 Å². The normalized spacial score (nSPS) is 13.5. The quantitative estimate of drug-likeness (QED) is 0.0195. The smallest absolute Gasteiger partial charge is 0.306 e. The molecule has 0 fully saturated rings. The molecule has 0 aliphatic rings. The molecule has 0 saturated heterocycles. The van der Waals surface area contributed by atoms with Crippen LogP contribution in [0.3, 0.4) is 0 Å². The van der Waals surface area contributed by atoms with Crippen molar-refractivity contribution in [3.63, 3.8) is 0 Å². The second-order valence-electron chi connectivity index (χ2n) is 28.4. The van der Waals surface area contributed by atoms with Crippen LogP contribution in [-0.2, 0) is 32.7 Å². The van der Waals surface area contributed by atoms with Gasteiger partial charge in [-0.05, 0) is 77.0 Å². The lowest BCUT2D eigenvalue weighted by atomic mass is 10.0. The highest BCUT2D eigenvalue weighted by molar-refractivity contribution is 7.45. The molecule has 0 radical (unpaired) electrons. The molecule has 0 spiro atoms. The van der Waals surface area contributed by atoms with Gasteiger partial charge in [0, 0.05) is 12.8 Å². The van der Waals surface area contributed by atoms with Crippen molar-refractivity contribution in [2.75, 3.05) is 47.5 Å². The zero-order valence-corrected chi connectivity index (χ0v) is 64.0. The van der Waals surface area contributed by atoms with Crippen LogP contribution in [0, 0.1) is 0 Å². The fourth-order valence-corrected chi connectivity index (χ4v) is 12.5. The molecule has 95 heavy (non-hydrogen) atoms. The molecule has 0 bridgehead atoms. The molecule has 2 atom stereocenters. The van der Waals surface area contributed by atoms with Gasteiger partial charge in [-0.15, -0.1) is 0 Å². The lowest BCUT2D eigenvalue weighted by Gasteiger charge is -2.28. The van der Waals surface area contributed by atoms with E-state index in [9.17, 15) is 19.0 Å². The minimum Gasteiger partial charge on any atom is -0.756 e. The number of hydrogen-bond donors (Lipinski definition) is 0. The molecule has 0 saturated carbocycles. The summed E-state index contributed by atoms with van der Waals surface area (Å²) in [6, 6.07) is 0. The third-order valence-corrected chi connectivity index (χ3v) is 18.8. The fourth-order valence-electron chi connectivity index (χ4n) is 11.7. The van der Waals surface area contributed by atoms with Crippen molar-refractivity contribution in [3.8, 4) is 0 Å². The average Bonchev–Trinajstić information content (AvgIpc) is 1.80. The Morgan fingerprint density at radius 3 is 0.895 bits per heavy atom. The number of ether oxygens (including phenoxy) is 2. The summed E-state index contributed by atoms with van der Waals surface area (Å²) in [5.41, 5.74) is 0. The number of carbonyl (C=O) groups is 2. The second-order valence-corrected chi connectivity index (χ2v) is 29.8. The summed E-state index contributed by atoms with van der Waals surface area (Å²) >= 11 is 0. The molecule has 0 heterocycles. The van der Waals surface area contributed by atoms with Gasteiger partial charge in [-0.1, -0.05) is 387 Å². The number of unbranched alkanes of at least 4 members (excludes halogenated alkanes) is 45. The maximum Gasteiger partial charge on any atom is 0.306 e. The minimum absolute atomic E-state index is 0.0325. The largest absolute Gasteiger partial charge is 0.756 e. The molecule has 2 unspecified atom stereocenters. The number of phosphoric ester groups is 1. The predicted octanol–water partition coefficient (Wildman–Crippen LogP) is 26.4. The van der Waals surface area contributed by atoms with Gasteiger partial charge >= 0.3 is 11.9 Å². The first-order chi connectivity index (χ1) is 46.5. The van der Waals surface area contributed by atoms with E-state index in [0.717, 1.165) is 89.9 Å². The van der Waals surface area contributed by atoms with Gasteiger partial charge in [-0.2, -0.15) is 0 Å². The van der Waals surface area contributed by atoms with Crippen molar-refractivity contribution < 1.29 is 42.1 Å². The monoisotopic (exact) mass is 1350 g/mol. The summed E-state index contributed by atoms with van der Waals surface area (Å²) < 4.78 is 34.4. The van der Waals surface area contributed by atoms with E-state index in [2.05, 4.69) is 111 Å². The Hall–Kier alpha value is -3.07. The minimum atomic E-state index is -4.65. The summed E-state index contributed by atoms with van der Waals surface area (Å²) in [6.07, 6.45) is 105. The van der Waals surface area contributed by atoms with E-state index in [0.29, 0.717) is 17.4 Å². The third-order valence-electron chi connectivity index (χ3n) is 17.9. The van der Waals surface area contributed by atoms with Crippen molar-refractivity contribution in [2.45, 2.75) is 386 Å². The van der Waals surface area contributed by atoms with Gasteiger partial charge in [0.2, 0.25) is 0 Å². The van der Waals surface area contributed by atoms with Crippen LogP contribution in [0.5, 0.6) is 0 Å². The Balaban J connectivity index is 3.97. The first kappa shape index (κ1) is 91.9. The van der Waals surface area contributed by atoms with Crippen LogP contribution in [0.4, 0.5) is 0 Å². The number of rotatable bonds is 75. The van der Waals surface area contributed by atoms with Crippen molar-refractivity contribution in [1.82, 2.24) is 0 Å². The fraction of sp³-hybridized carbons (Fsp3) is 0.788. The summed E-state index contributed by atoms with van der Waals surface area (Å²) in [5.74, 6) is -0.821. The van der Waals surface area contributed by atoms with Crippen LogP contribution < -0.4 is 4.89 Å². The highest BCUT2D eigenvalue weighted by Gasteiger charge is 2.22. The van der Waals surface area contributed by atoms with E-state index in [1.807, 2.05) is 21.1 Å². The third kappa shape index (κ3) is 79.8. The van der Waals surface area contributed by atoms with Crippen LogP contribution in [0.15, 0.2) is 97.2 Å². The van der Waals surface area contributed by atoms with E-state index >= 15 is 0 Å². The number of quaternary nitrogens is 1. The molecule has 0 amide bonds. The van der Waals surface area contributed by atoms with E-state index < -0.39 is 26.5 Å². The Labute approximate surface area is 589 Å². The van der Waals surface area contributed by atoms with E-state index in [-0.39, 0.29) is 32.0 Å². The van der Waals surface area contributed by atoms with Gasteiger partial charge in [-0.25, -0.2) is 0 Å². The number of phosphoric acid groups is 1. The van der Waals surface area contributed by atoms with Gasteiger partial charge in [0.15, 0.2) is 6.10 Å². The maximum atomic E-state index is 12.9. The SMILES string of the molecule is CC/C=C\C/C=C\C/C=C\C/C=C\C/C=C\C/C=C\C/C=C\C/C=C\CCCCCCCCCCCCCCC(=O)OC(COC(=O)CCCCCCCCCCCCCCCCCCCCCCCCCCCCCCCCCCCC)COP(=O)([O-])OCC[N+](C)(C)C. The van der Waals surface area contributed by atoms with Crippen LogP contribution >= 0.6 is 7.82 Å². The molecule has 0 aromatic rings. The van der Waals surface area contributed by atoms with Crippen LogP contribution in [0.25, 0.3) is 0 Å². The number of likely N-dealkylation sites (N-methyl/N-ethyl adjacent to an activating group) is 1. The second kappa shape index (κ2) is 75.1. The molecule has 10 heteroatoms. The highest BCUT2D eigenvalue weighted by Crippen LogP contribution is 2.38. The standard InChI is InChI=1S/C85H154NO8P/c1-6-8-10-12-14-16-18-20-22-24-26-28-30-32-34-36-38-40-42-43-44-46-48-50-52-54-56-58-60-62-64-66-68-70-72-74-76-78-85(88)94-83(82-93-95(89,90)92-80-79-86(3,4)5)81-91-84(87)77-75-73-71-69-67-65-63-61-59-57-55-53-51-49-47-45-41-39-37-35-33-31-29-27-25-23-21-19-17-15-13-11-9-7-2/h8,10,14,16,20,22,26,28,32,34,38,40,43-44,48,50,83H,6-7,9,11-13,15,17-19,21,23-25,27,29-31,33,35-37,39,41-42,45-47,49,51-82H2,1-5H3/b10-8-,16-14-,22-20-,28-26-,34-32-,40-38-,44-43-,50-48-. The number of carbonyl (C=O) groups excluding carboxylic acids is 2. The summed E-state index contributed by atoms with van der Waals surface area (Å²) in [5, 5.41) is 0. The molecule has 0 aromatic heterocycles. The molecular formula is C85H154NO8P. The lowest BCUT2D eigenvalue weighted by molar-refractivity contribution is -0.870. The summed E-state index contributed by atoms with van der Waals surface area (Å²) in [6.45, 7) is 4.18. The van der Waals surface area contributed by atoms with Crippen molar-refractivity contribution >= 4 is 19.8 Å². The van der Waals surface area contributed by atoms with Crippen molar-refractivity contribution in [1.29, 1.82) is 0 Å². The molecule has 9 nitrogen and oxygen atoms in total. The molecule has 552 valence electrons. The zero-order valence-electron chi connectivity index (χ0n) is 63.1. The van der Waals surface area contributed by atoms with Crippen molar-refractivity contribution in [2.24, 2.45) is 0 Å². The lowest BCUT2D eigenvalue weighted by Crippen LogP contribution is -2.37. The molecule has 0 aromatic carbocycles. The van der Waals surface area contributed by atoms with Gasteiger partial charge < -0.3 is 27.9 Å². The Morgan fingerprint density at radius 1 is 0.337 bits per heavy atom. The van der Waals surface area contributed by atoms with E-state index in [1.165, 1.54) is 257 Å².